The summed E-state index contributed by atoms with van der Waals surface area (Å²) < 4.78 is 0. The number of aromatic nitrogens is 2. The lowest BCUT2D eigenvalue weighted by Crippen LogP contribution is -2.03. The zero-order valence-corrected chi connectivity index (χ0v) is 13.7. The van der Waals surface area contributed by atoms with E-state index in [-0.39, 0.29) is 11.5 Å². The largest absolute Gasteiger partial charge is 0.508 e. The van der Waals surface area contributed by atoms with Crippen molar-refractivity contribution < 1.29 is 9.90 Å². The molecule has 4 aromatic rings. The quantitative estimate of drug-likeness (QED) is 0.541. The highest BCUT2D eigenvalue weighted by Crippen LogP contribution is 2.30. The van der Waals surface area contributed by atoms with E-state index in [4.69, 9.17) is 0 Å². The van der Waals surface area contributed by atoms with E-state index >= 15 is 0 Å². The zero-order valence-electron chi connectivity index (χ0n) is 12.9. The molecule has 5 heteroatoms. The summed E-state index contributed by atoms with van der Waals surface area (Å²) in [5, 5.41) is 12.7. The molecule has 1 aromatic carbocycles. The number of thiophene rings is 1. The van der Waals surface area contributed by atoms with Gasteiger partial charge in [-0.25, -0.2) is 4.98 Å². The van der Waals surface area contributed by atoms with Gasteiger partial charge in [-0.1, -0.05) is 18.2 Å². The average Bonchev–Trinajstić information content (AvgIpc) is 3.25. The molecule has 0 bridgehead atoms. The van der Waals surface area contributed by atoms with E-state index in [0.717, 1.165) is 15.8 Å². The van der Waals surface area contributed by atoms with Crippen LogP contribution in [0.25, 0.3) is 21.5 Å². The van der Waals surface area contributed by atoms with Crippen molar-refractivity contribution in [2.75, 3.05) is 0 Å². The van der Waals surface area contributed by atoms with E-state index in [1.807, 2.05) is 23.6 Å². The number of phenols is 1. The molecule has 3 aromatic heterocycles. The smallest absolute Gasteiger partial charge is 0.195 e. The minimum Gasteiger partial charge on any atom is -0.508 e. The molecule has 0 aliphatic heterocycles. The Morgan fingerprint density at radius 2 is 2.08 bits per heavy atom. The summed E-state index contributed by atoms with van der Waals surface area (Å²) in [5.74, 6) is -0.00197. The molecule has 0 unspecified atom stereocenters. The molecule has 0 aliphatic carbocycles. The lowest BCUT2D eigenvalue weighted by atomic mass is 9.98. The number of nitrogens with one attached hydrogen (secondary N) is 1. The Hall–Kier alpha value is -2.92. The number of fused-ring (bicyclic) bond motifs is 1. The fourth-order valence-corrected chi connectivity index (χ4v) is 3.49. The van der Waals surface area contributed by atoms with Crippen molar-refractivity contribution in [3.05, 3.63) is 70.9 Å². The van der Waals surface area contributed by atoms with Crippen molar-refractivity contribution in [1.29, 1.82) is 0 Å². The average molecular weight is 334 g/mol. The summed E-state index contributed by atoms with van der Waals surface area (Å²) in [6, 6.07) is 11.0. The van der Waals surface area contributed by atoms with Gasteiger partial charge < -0.3 is 10.1 Å². The third-order valence-electron chi connectivity index (χ3n) is 4.13. The molecule has 0 spiro atoms. The van der Waals surface area contributed by atoms with Crippen molar-refractivity contribution >= 4 is 28.2 Å². The number of ketones is 1. The van der Waals surface area contributed by atoms with E-state index in [2.05, 4.69) is 9.97 Å². The highest BCUT2D eigenvalue weighted by atomic mass is 32.1. The minimum atomic E-state index is -0.125. The number of hydrogen-bond acceptors (Lipinski definition) is 4. The molecule has 0 amide bonds. The number of carbonyl (C=O) groups is 1. The maximum Gasteiger partial charge on any atom is 0.195 e. The highest BCUT2D eigenvalue weighted by Gasteiger charge is 2.18. The van der Waals surface area contributed by atoms with Crippen LogP contribution < -0.4 is 0 Å². The van der Waals surface area contributed by atoms with E-state index in [9.17, 15) is 9.90 Å². The Balaban J connectivity index is 1.86. The number of carbonyl (C=O) groups excluding carboxylic acids is 1. The molecule has 0 atom stereocenters. The number of pyridine rings is 1. The van der Waals surface area contributed by atoms with Gasteiger partial charge in [-0.05, 0) is 30.5 Å². The molecular weight excluding hydrogens is 320 g/mol. The molecule has 0 saturated carbocycles. The number of benzene rings is 1. The van der Waals surface area contributed by atoms with Gasteiger partial charge in [0, 0.05) is 44.9 Å². The predicted molar refractivity (Wildman–Crippen MR) is 95.7 cm³/mol. The first-order valence-electron chi connectivity index (χ1n) is 7.49. The van der Waals surface area contributed by atoms with Crippen LogP contribution in [-0.2, 0) is 0 Å². The SMILES string of the molecule is Cc1c(O)cccc1C(=O)c1c[nH]c2ncc(-c3cccs3)cc12. The van der Waals surface area contributed by atoms with Gasteiger partial charge in [0.2, 0.25) is 0 Å². The number of aromatic amines is 1. The second-order valence-corrected chi connectivity index (χ2v) is 6.53. The van der Waals surface area contributed by atoms with Crippen LogP contribution in [0.2, 0.25) is 0 Å². The van der Waals surface area contributed by atoms with Crippen LogP contribution in [0.5, 0.6) is 5.75 Å². The maximum atomic E-state index is 12.9. The normalized spacial score (nSPS) is 11.0. The molecule has 2 N–H and O–H groups in total. The molecule has 0 aliphatic rings. The highest BCUT2D eigenvalue weighted by molar-refractivity contribution is 7.13. The van der Waals surface area contributed by atoms with Gasteiger partial charge in [0.05, 0.1) is 0 Å². The first-order valence-corrected chi connectivity index (χ1v) is 8.37. The van der Waals surface area contributed by atoms with Gasteiger partial charge in [0.15, 0.2) is 5.78 Å². The Morgan fingerprint density at radius 3 is 2.88 bits per heavy atom. The summed E-state index contributed by atoms with van der Waals surface area (Å²) in [4.78, 5) is 21.5. The second kappa shape index (κ2) is 5.62. The van der Waals surface area contributed by atoms with Crippen LogP contribution in [0.15, 0.2) is 54.2 Å². The molecule has 118 valence electrons. The topological polar surface area (TPSA) is 66.0 Å². The second-order valence-electron chi connectivity index (χ2n) is 5.58. The van der Waals surface area contributed by atoms with Gasteiger partial charge in [0.1, 0.15) is 11.4 Å². The number of hydrogen-bond donors (Lipinski definition) is 2. The van der Waals surface area contributed by atoms with Gasteiger partial charge in [0.25, 0.3) is 0 Å². The fraction of sp³-hybridized carbons (Fsp3) is 0.0526. The lowest BCUT2D eigenvalue weighted by Gasteiger charge is -2.06. The summed E-state index contributed by atoms with van der Waals surface area (Å²) in [6.45, 7) is 1.74. The number of nitrogens with zero attached hydrogens (tertiary/aromatic N) is 1. The summed E-state index contributed by atoms with van der Waals surface area (Å²) in [6.07, 6.45) is 3.49. The molecule has 0 radical (unpaired) electrons. The van der Waals surface area contributed by atoms with Crippen molar-refractivity contribution in [3.8, 4) is 16.2 Å². The molecular formula is C19H14N2O2S. The first kappa shape index (κ1) is 14.7. The first-order chi connectivity index (χ1) is 11.6. The number of H-pyrrole nitrogens is 1. The van der Waals surface area contributed by atoms with Crippen LogP contribution in [0.4, 0.5) is 0 Å². The van der Waals surface area contributed by atoms with E-state index < -0.39 is 0 Å². The van der Waals surface area contributed by atoms with Crippen LogP contribution in [0.3, 0.4) is 0 Å². The van der Waals surface area contributed by atoms with Gasteiger partial charge >= 0.3 is 0 Å². The van der Waals surface area contributed by atoms with Gasteiger partial charge in [-0.2, -0.15) is 0 Å². The maximum absolute atomic E-state index is 12.9. The summed E-state index contributed by atoms with van der Waals surface area (Å²) >= 11 is 1.63. The number of phenolic OH excluding ortho intramolecular Hbond substituents is 1. The Bertz CT molecular complexity index is 1050. The van der Waals surface area contributed by atoms with Gasteiger partial charge in [-0.15, -0.1) is 11.3 Å². The summed E-state index contributed by atoms with van der Waals surface area (Å²) in [5.41, 5.74) is 3.30. The molecule has 24 heavy (non-hydrogen) atoms. The Kier molecular flexibility index (Phi) is 3.43. The third-order valence-corrected chi connectivity index (χ3v) is 5.05. The monoisotopic (exact) mass is 334 g/mol. The van der Waals surface area contributed by atoms with Crippen molar-refractivity contribution in [2.45, 2.75) is 6.92 Å². The van der Waals surface area contributed by atoms with Crippen molar-refractivity contribution in [3.63, 3.8) is 0 Å². The minimum absolute atomic E-state index is 0.123. The van der Waals surface area contributed by atoms with E-state index in [1.54, 1.807) is 48.9 Å². The van der Waals surface area contributed by atoms with E-state index in [1.165, 1.54) is 0 Å². The number of aromatic hydroxyl groups is 1. The summed E-state index contributed by atoms with van der Waals surface area (Å²) in [7, 11) is 0. The lowest BCUT2D eigenvalue weighted by molar-refractivity contribution is 0.103. The molecule has 4 nitrogen and oxygen atoms in total. The third kappa shape index (κ3) is 2.30. The van der Waals surface area contributed by atoms with Crippen LogP contribution in [0, 0.1) is 6.92 Å². The Labute approximate surface area is 142 Å². The Morgan fingerprint density at radius 1 is 1.21 bits per heavy atom. The van der Waals surface area contributed by atoms with Crippen molar-refractivity contribution in [1.82, 2.24) is 9.97 Å². The van der Waals surface area contributed by atoms with Crippen LogP contribution in [-0.4, -0.2) is 20.9 Å². The van der Waals surface area contributed by atoms with Crippen LogP contribution >= 0.6 is 11.3 Å². The zero-order chi connectivity index (χ0) is 16.7. The molecule has 3 heterocycles. The fourth-order valence-electron chi connectivity index (χ4n) is 2.78. The standard InChI is InChI=1S/C19H14N2O2S/c1-11-13(4-2-5-16(11)22)18(23)15-10-21-19-14(15)8-12(9-20-19)17-6-3-7-24-17/h2-10,22H,1H3,(H,20,21). The molecule has 4 rings (SSSR count). The van der Waals surface area contributed by atoms with Crippen LogP contribution in [0.1, 0.15) is 21.5 Å². The van der Waals surface area contributed by atoms with Crippen molar-refractivity contribution in [2.24, 2.45) is 0 Å². The molecule has 0 saturated heterocycles. The number of rotatable bonds is 3. The van der Waals surface area contributed by atoms with Gasteiger partial charge in [-0.3, -0.25) is 4.79 Å². The molecule has 0 fully saturated rings. The predicted octanol–water partition coefficient (Wildman–Crippen LogP) is 4.54. The van der Waals surface area contributed by atoms with E-state index in [0.29, 0.717) is 22.3 Å².